The number of carboxylic acids is 1. The minimum atomic E-state index is -1.24. The number of amides is 1. The molecule has 0 aliphatic heterocycles. The van der Waals surface area contributed by atoms with Crippen LogP contribution in [0.25, 0.3) is 0 Å². The predicted molar refractivity (Wildman–Crippen MR) is 57.4 cm³/mol. The average Bonchev–Trinajstić information content (AvgIpc) is 2.34. The molecule has 0 saturated heterocycles. The number of hydrogen-bond donors (Lipinski definition) is 2. The van der Waals surface area contributed by atoms with Crippen molar-refractivity contribution in [2.24, 2.45) is 0 Å². The fraction of sp³-hybridized carbons (Fsp3) is 0.182. The van der Waals surface area contributed by atoms with Crippen molar-refractivity contribution in [1.82, 2.24) is 5.32 Å². The zero-order chi connectivity index (χ0) is 12.7. The van der Waals surface area contributed by atoms with E-state index in [1.54, 1.807) is 30.3 Å². The van der Waals surface area contributed by atoms with Crippen molar-refractivity contribution in [2.45, 2.75) is 0 Å². The van der Waals surface area contributed by atoms with E-state index >= 15 is 0 Å². The second kappa shape index (κ2) is 6.26. The van der Waals surface area contributed by atoms with Crippen molar-refractivity contribution in [2.75, 3.05) is 13.2 Å². The summed E-state index contributed by atoms with van der Waals surface area (Å²) in [6.07, 6.45) is 0. The van der Waals surface area contributed by atoms with E-state index in [2.05, 4.69) is 10.1 Å². The van der Waals surface area contributed by atoms with Gasteiger partial charge >= 0.3 is 11.9 Å². The lowest BCUT2D eigenvalue weighted by Gasteiger charge is -2.04. The van der Waals surface area contributed by atoms with Crippen LogP contribution in [0.5, 0.6) is 0 Å². The van der Waals surface area contributed by atoms with Crippen LogP contribution >= 0.6 is 0 Å². The van der Waals surface area contributed by atoms with Crippen LogP contribution in [0, 0.1) is 0 Å². The maximum absolute atomic E-state index is 11.5. The van der Waals surface area contributed by atoms with Crippen molar-refractivity contribution in [1.29, 1.82) is 0 Å². The standard InChI is InChI=1S/C11H11NO5/c13-9(14)7-17-10(15)6-12-11(16)8-4-2-1-3-5-8/h1-5H,6-7H2,(H,12,16)(H,13,14). The topological polar surface area (TPSA) is 92.7 Å². The van der Waals surface area contributed by atoms with Gasteiger partial charge in [0.1, 0.15) is 6.54 Å². The number of carboxylic acid groups (broad SMARTS) is 1. The van der Waals surface area contributed by atoms with E-state index in [4.69, 9.17) is 5.11 Å². The van der Waals surface area contributed by atoms with E-state index in [1.165, 1.54) is 0 Å². The second-order valence-corrected chi connectivity index (χ2v) is 3.10. The Morgan fingerprint density at radius 3 is 2.41 bits per heavy atom. The molecule has 0 saturated carbocycles. The summed E-state index contributed by atoms with van der Waals surface area (Å²) in [6, 6.07) is 8.34. The lowest BCUT2D eigenvalue weighted by Crippen LogP contribution is -2.31. The van der Waals surface area contributed by atoms with E-state index in [0.29, 0.717) is 5.56 Å². The molecule has 90 valence electrons. The van der Waals surface area contributed by atoms with Gasteiger partial charge in [0.25, 0.3) is 5.91 Å². The van der Waals surface area contributed by atoms with E-state index in [0.717, 1.165) is 0 Å². The molecule has 1 aromatic rings. The average molecular weight is 237 g/mol. The molecule has 0 aliphatic carbocycles. The molecule has 0 bridgehead atoms. The zero-order valence-electron chi connectivity index (χ0n) is 8.88. The first kappa shape index (κ1) is 12.7. The molecule has 0 radical (unpaired) electrons. The number of aliphatic carboxylic acids is 1. The van der Waals surface area contributed by atoms with Gasteiger partial charge in [-0.05, 0) is 12.1 Å². The van der Waals surface area contributed by atoms with Crippen LogP contribution in [-0.2, 0) is 14.3 Å². The van der Waals surface area contributed by atoms with Crippen molar-refractivity contribution in [3.05, 3.63) is 35.9 Å². The van der Waals surface area contributed by atoms with Gasteiger partial charge in [0, 0.05) is 5.56 Å². The van der Waals surface area contributed by atoms with E-state index in [-0.39, 0.29) is 6.54 Å². The fourth-order valence-corrected chi connectivity index (χ4v) is 1.04. The Hall–Kier alpha value is -2.37. The van der Waals surface area contributed by atoms with Crippen LogP contribution < -0.4 is 5.32 Å². The maximum Gasteiger partial charge on any atom is 0.341 e. The van der Waals surface area contributed by atoms with Crippen LogP contribution in [0.4, 0.5) is 0 Å². The predicted octanol–water partition coefficient (Wildman–Crippen LogP) is 0.0442. The summed E-state index contributed by atoms with van der Waals surface area (Å²) >= 11 is 0. The number of ether oxygens (including phenoxy) is 1. The first-order chi connectivity index (χ1) is 8.09. The second-order valence-electron chi connectivity index (χ2n) is 3.10. The molecule has 1 rings (SSSR count). The summed E-state index contributed by atoms with van der Waals surface area (Å²) < 4.78 is 4.34. The molecular weight excluding hydrogens is 226 g/mol. The van der Waals surface area contributed by atoms with Crippen LogP contribution in [0.15, 0.2) is 30.3 Å². The number of rotatable bonds is 5. The van der Waals surface area contributed by atoms with Gasteiger partial charge in [-0.15, -0.1) is 0 Å². The van der Waals surface area contributed by atoms with Gasteiger partial charge in [0.2, 0.25) is 0 Å². The molecule has 0 aromatic heterocycles. The van der Waals surface area contributed by atoms with Gasteiger partial charge in [-0.25, -0.2) is 4.79 Å². The van der Waals surface area contributed by atoms with Gasteiger partial charge in [-0.2, -0.15) is 0 Å². The van der Waals surface area contributed by atoms with E-state index < -0.39 is 24.5 Å². The number of carbonyl (C=O) groups excluding carboxylic acids is 2. The third-order valence-electron chi connectivity index (χ3n) is 1.79. The molecule has 2 N–H and O–H groups in total. The van der Waals surface area contributed by atoms with Crippen LogP contribution in [0.1, 0.15) is 10.4 Å². The number of benzene rings is 1. The summed E-state index contributed by atoms with van der Waals surface area (Å²) in [5.41, 5.74) is 0.415. The summed E-state index contributed by atoms with van der Waals surface area (Å²) in [5, 5.41) is 10.6. The molecular formula is C11H11NO5. The molecule has 17 heavy (non-hydrogen) atoms. The Morgan fingerprint density at radius 1 is 1.18 bits per heavy atom. The molecule has 0 unspecified atom stereocenters. The van der Waals surface area contributed by atoms with E-state index in [1.807, 2.05) is 0 Å². The smallest absolute Gasteiger partial charge is 0.341 e. The molecule has 0 heterocycles. The summed E-state index contributed by atoms with van der Waals surface area (Å²) in [7, 11) is 0. The Morgan fingerprint density at radius 2 is 1.82 bits per heavy atom. The zero-order valence-corrected chi connectivity index (χ0v) is 8.88. The molecule has 0 aliphatic rings. The lowest BCUT2D eigenvalue weighted by molar-refractivity contribution is -0.154. The van der Waals surface area contributed by atoms with Gasteiger partial charge < -0.3 is 15.2 Å². The van der Waals surface area contributed by atoms with Gasteiger partial charge in [0.05, 0.1) is 0 Å². The van der Waals surface area contributed by atoms with Crippen molar-refractivity contribution >= 4 is 17.8 Å². The van der Waals surface area contributed by atoms with Gasteiger partial charge in [-0.3, -0.25) is 9.59 Å². The third kappa shape index (κ3) is 4.78. The highest BCUT2D eigenvalue weighted by molar-refractivity contribution is 5.95. The Labute approximate surface area is 97.2 Å². The summed E-state index contributed by atoms with van der Waals surface area (Å²) in [5.74, 6) is -2.46. The minimum absolute atomic E-state index is 0.360. The normalized spacial score (nSPS) is 9.41. The number of hydrogen-bond acceptors (Lipinski definition) is 4. The fourth-order valence-electron chi connectivity index (χ4n) is 1.04. The molecule has 0 spiro atoms. The first-order valence-electron chi connectivity index (χ1n) is 4.80. The van der Waals surface area contributed by atoms with Crippen molar-refractivity contribution in [3.8, 4) is 0 Å². The number of nitrogens with one attached hydrogen (secondary N) is 1. The van der Waals surface area contributed by atoms with Crippen LogP contribution in [0.3, 0.4) is 0 Å². The lowest BCUT2D eigenvalue weighted by atomic mass is 10.2. The summed E-state index contributed by atoms with van der Waals surface area (Å²) in [4.78, 5) is 32.5. The highest BCUT2D eigenvalue weighted by atomic mass is 16.5. The van der Waals surface area contributed by atoms with E-state index in [9.17, 15) is 14.4 Å². The SMILES string of the molecule is O=C(O)COC(=O)CNC(=O)c1ccccc1. The van der Waals surface area contributed by atoms with Gasteiger partial charge in [-0.1, -0.05) is 18.2 Å². The molecule has 1 amide bonds. The molecule has 0 fully saturated rings. The number of esters is 1. The largest absolute Gasteiger partial charge is 0.479 e. The maximum atomic E-state index is 11.5. The van der Waals surface area contributed by atoms with Crippen molar-refractivity contribution < 1.29 is 24.2 Å². The molecule has 0 atom stereocenters. The monoisotopic (exact) mass is 237 g/mol. The Kier molecular flexibility index (Phi) is 4.68. The Balaban J connectivity index is 2.34. The van der Waals surface area contributed by atoms with Gasteiger partial charge in [0.15, 0.2) is 6.61 Å². The number of carbonyl (C=O) groups is 3. The quantitative estimate of drug-likeness (QED) is 0.705. The molecule has 1 aromatic carbocycles. The minimum Gasteiger partial charge on any atom is -0.479 e. The third-order valence-corrected chi connectivity index (χ3v) is 1.79. The van der Waals surface area contributed by atoms with Crippen molar-refractivity contribution in [3.63, 3.8) is 0 Å². The molecule has 6 heteroatoms. The van der Waals surface area contributed by atoms with Crippen LogP contribution in [0.2, 0.25) is 0 Å². The first-order valence-corrected chi connectivity index (χ1v) is 4.80. The Bertz CT molecular complexity index is 415. The summed E-state index contributed by atoms with van der Waals surface area (Å²) in [6.45, 7) is -1.07. The highest BCUT2D eigenvalue weighted by Gasteiger charge is 2.09. The molecule has 6 nitrogen and oxygen atoms in total. The highest BCUT2D eigenvalue weighted by Crippen LogP contribution is 1.97. The van der Waals surface area contributed by atoms with Crippen LogP contribution in [-0.4, -0.2) is 36.1 Å².